The van der Waals surface area contributed by atoms with E-state index in [9.17, 15) is 9.90 Å². The van der Waals surface area contributed by atoms with Crippen LogP contribution in [0.2, 0.25) is 0 Å². The lowest BCUT2D eigenvalue weighted by Crippen LogP contribution is -1.86. The number of aldehydes is 1. The number of halogens is 1. The molecule has 0 saturated carbocycles. The minimum absolute atomic E-state index is 0.0419. The number of phenolic OH excluding ortho intramolecular Hbond substituents is 1. The van der Waals surface area contributed by atoms with Crippen LogP contribution in [-0.4, -0.2) is 11.4 Å². The standard InChI is InChI=1S/C10H7BrO3/c11-8-5-7-2-1-6(3-4-12)9(13)10(7)14-8/h1-2,4-5,13H,3H2. The van der Waals surface area contributed by atoms with Gasteiger partial charge in [0.1, 0.15) is 6.29 Å². The number of carbonyl (C=O) groups excluding carboxylic acids is 1. The van der Waals surface area contributed by atoms with Crippen LogP contribution in [0.15, 0.2) is 27.3 Å². The number of fused-ring (bicyclic) bond motifs is 1. The largest absolute Gasteiger partial charge is 0.504 e. The summed E-state index contributed by atoms with van der Waals surface area (Å²) in [7, 11) is 0. The first-order valence-electron chi connectivity index (χ1n) is 4.06. The molecule has 0 radical (unpaired) electrons. The summed E-state index contributed by atoms with van der Waals surface area (Å²) >= 11 is 3.17. The van der Waals surface area contributed by atoms with Crippen molar-refractivity contribution in [1.82, 2.24) is 0 Å². The molecule has 1 aromatic heterocycles. The Balaban J connectivity index is 2.67. The van der Waals surface area contributed by atoms with Gasteiger partial charge in [0.15, 0.2) is 16.0 Å². The molecule has 2 rings (SSSR count). The van der Waals surface area contributed by atoms with Crippen LogP contribution in [0.4, 0.5) is 0 Å². The van der Waals surface area contributed by atoms with Crippen molar-refractivity contribution in [2.45, 2.75) is 6.42 Å². The Morgan fingerprint density at radius 3 is 3.00 bits per heavy atom. The highest BCUT2D eigenvalue weighted by Gasteiger charge is 2.10. The minimum atomic E-state index is 0.0419. The predicted octanol–water partition coefficient (Wildman–Crippen LogP) is 2.64. The summed E-state index contributed by atoms with van der Waals surface area (Å²) in [6.45, 7) is 0. The van der Waals surface area contributed by atoms with Gasteiger partial charge in [-0.15, -0.1) is 0 Å². The molecule has 1 heterocycles. The summed E-state index contributed by atoms with van der Waals surface area (Å²) in [5, 5.41) is 10.5. The Morgan fingerprint density at radius 2 is 2.29 bits per heavy atom. The number of furan rings is 1. The summed E-state index contributed by atoms with van der Waals surface area (Å²) in [4.78, 5) is 10.3. The van der Waals surface area contributed by atoms with Gasteiger partial charge in [-0.05, 0) is 22.0 Å². The first-order chi connectivity index (χ1) is 6.72. The highest BCUT2D eigenvalue weighted by molar-refractivity contribution is 9.10. The monoisotopic (exact) mass is 254 g/mol. The fourth-order valence-electron chi connectivity index (χ4n) is 1.35. The van der Waals surface area contributed by atoms with Crippen molar-refractivity contribution in [3.63, 3.8) is 0 Å². The van der Waals surface area contributed by atoms with Crippen LogP contribution in [0, 0.1) is 0 Å². The van der Waals surface area contributed by atoms with Gasteiger partial charge in [0, 0.05) is 17.4 Å². The molecule has 0 aliphatic carbocycles. The number of aromatic hydroxyl groups is 1. The molecular weight excluding hydrogens is 248 g/mol. The molecule has 0 fully saturated rings. The van der Waals surface area contributed by atoms with Crippen molar-refractivity contribution in [3.8, 4) is 5.75 Å². The van der Waals surface area contributed by atoms with E-state index in [1.165, 1.54) is 0 Å². The molecule has 0 unspecified atom stereocenters. The molecule has 3 nitrogen and oxygen atoms in total. The zero-order chi connectivity index (χ0) is 10.1. The van der Waals surface area contributed by atoms with E-state index in [2.05, 4.69) is 15.9 Å². The molecule has 0 aliphatic heterocycles. The number of phenols is 1. The molecule has 1 aromatic carbocycles. The minimum Gasteiger partial charge on any atom is -0.504 e. The average molecular weight is 255 g/mol. The van der Waals surface area contributed by atoms with Crippen molar-refractivity contribution in [2.24, 2.45) is 0 Å². The smallest absolute Gasteiger partial charge is 0.177 e. The number of carbonyl (C=O) groups is 1. The van der Waals surface area contributed by atoms with Gasteiger partial charge in [-0.2, -0.15) is 0 Å². The summed E-state index contributed by atoms with van der Waals surface area (Å²) in [5.41, 5.74) is 0.991. The molecule has 0 bridgehead atoms. The molecule has 0 aliphatic rings. The summed E-state index contributed by atoms with van der Waals surface area (Å²) in [5.74, 6) is 0.0419. The Hall–Kier alpha value is -1.29. The summed E-state index contributed by atoms with van der Waals surface area (Å²) < 4.78 is 5.80. The van der Waals surface area contributed by atoms with Crippen molar-refractivity contribution < 1.29 is 14.3 Å². The Kier molecular flexibility index (Phi) is 2.29. The third-order valence-electron chi connectivity index (χ3n) is 2.02. The van der Waals surface area contributed by atoms with Gasteiger partial charge < -0.3 is 14.3 Å². The number of benzene rings is 1. The van der Waals surface area contributed by atoms with Crippen LogP contribution in [0.3, 0.4) is 0 Å². The Morgan fingerprint density at radius 1 is 1.50 bits per heavy atom. The van der Waals surface area contributed by atoms with E-state index < -0.39 is 0 Å². The highest BCUT2D eigenvalue weighted by Crippen LogP contribution is 2.33. The topological polar surface area (TPSA) is 50.4 Å². The second kappa shape index (κ2) is 3.46. The van der Waals surface area contributed by atoms with Gasteiger partial charge in [-0.1, -0.05) is 12.1 Å². The molecule has 14 heavy (non-hydrogen) atoms. The third kappa shape index (κ3) is 1.42. The van der Waals surface area contributed by atoms with Gasteiger partial charge in [0.05, 0.1) is 0 Å². The van der Waals surface area contributed by atoms with Crippen molar-refractivity contribution in [1.29, 1.82) is 0 Å². The maximum atomic E-state index is 10.3. The summed E-state index contributed by atoms with van der Waals surface area (Å²) in [6, 6.07) is 5.29. The van der Waals surface area contributed by atoms with Crippen molar-refractivity contribution >= 4 is 33.2 Å². The predicted molar refractivity (Wildman–Crippen MR) is 55.3 cm³/mol. The molecule has 0 amide bonds. The van der Waals surface area contributed by atoms with Gasteiger partial charge in [0.25, 0.3) is 0 Å². The zero-order valence-corrected chi connectivity index (χ0v) is 8.74. The van der Waals surface area contributed by atoms with Crippen LogP contribution in [0.25, 0.3) is 11.0 Å². The van der Waals surface area contributed by atoms with Crippen LogP contribution < -0.4 is 0 Å². The number of rotatable bonds is 2. The quantitative estimate of drug-likeness (QED) is 0.839. The lowest BCUT2D eigenvalue weighted by atomic mass is 10.1. The van der Waals surface area contributed by atoms with E-state index in [0.717, 1.165) is 11.7 Å². The van der Waals surface area contributed by atoms with Crippen LogP contribution >= 0.6 is 15.9 Å². The molecule has 4 heteroatoms. The fraction of sp³-hybridized carbons (Fsp3) is 0.100. The lowest BCUT2D eigenvalue weighted by Gasteiger charge is -1.99. The second-order valence-corrected chi connectivity index (χ2v) is 3.69. The molecule has 72 valence electrons. The van der Waals surface area contributed by atoms with E-state index >= 15 is 0 Å². The molecule has 1 N–H and O–H groups in total. The molecule has 0 spiro atoms. The van der Waals surface area contributed by atoms with E-state index in [1.54, 1.807) is 12.1 Å². The van der Waals surface area contributed by atoms with E-state index in [-0.39, 0.29) is 12.2 Å². The molecule has 2 aromatic rings. The van der Waals surface area contributed by atoms with Crippen molar-refractivity contribution in [3.05, 3.63) is 28.4 Å². The maximum absolute atomic E-state index is 10.3. The fourth-order valence-corrected chi connectivity index (χ4v) is 1.76. The Labute approximate surface area is 88.5 Å². The van der Waals surface area contributed by atoms with Crippen LogP contribution in [0.5, 0.6) is 5.75 Å². The third-order valence-corrected chi connectivity index (χ3v) is 2.41. The van der Waals surface area contributed by atoms with E-state index in [0.29, 0.717) is 15.8 Å². The normalized spacial score (nSPS) is 10.6. The molecular formula is C10H7BrO3. The lowest BCUT2D eigenvalue weighted by molar-refractivity contribution is -0.107. The summed E-state index contributed by atoms with van der Waals surface area (Å²) in [6.07, 6.45) is 0.943. The first kappa shape index (κ1) is 9.27. The zero-order valence-electron chi connectivity index (χ0n) is 7.16. The van der Waals surface area contributed by atoms with E-state index in [1.807, 2.05) is 6.07 Å². The van der Waals surface area contributed by atoms with Crippen LogP contribution in [-0.2, 0) is 11.2 Å². The van der Waals surface area contributed by atoms with E-state index in [4.69, 9.17) is 4.42 Å². The Bertz CT molecular complexity index is 487. The average Bonchev–Trinajstić information content (AvgIpc) is 2.52. The second-order valence-electron chi connectivity index (χ2n) is 2.91. The maximum Gasteiger partial charge on any atom is 0.177 e. The highest BCUT2D eigenvalue weighted by atomic mass is 79.9. The number of hydrogen-bond acceptors (Lipinski definition) is 3. The van der Waals surface area contributed by atoms with Crippen LogP contribution in [0.1, 0.15) is 5.56 Å². The SMILES string of the molecule is O=CCc1ccc2cc(Br)oc2c1O. The van der Waals surface area contributed by atoms with Gasteiger partial charge in [-0.3, -0.25) is 0 Å². The first-order valence-corrected chi connectivity index (χ1v) is 4.85. The molecule has 0 saturated heterocycles. The van der Waals surface area contributed by atoms with Crippen molar-refractivity contribution in [2.75, 3.05) is 0 Å². The number of hydrogen-bond donors (Lipinski definition) is 1. The van der Waals surface area contributed by atoms with Gasteiger partial charge in [0.2, 0.25) is 0 Å². The van der Waals surface area contributed by atoms with Gasteiger partial charge >= 0.3 is 0 Å². The van der Waals surface area contributed by atoms with Gasteiger partial charge in [-0.25, -0.2) is 0 Å². The molecule has 0 atom stereocenters.